The quantitative estimate of drug-likeness (QED) is 0.620. The van der Waals surface area contributed by atoms with Crippen molar-refractivity contribution in [3.8, 4) is 0 Å². The Morgan fingerprint density at radius 1 is 0.971 bits per heavy atom. The SMILES string of the molecule is CCN(CC)C(=O)CN1CCN(C(=O)c2ccccc2NS(=O)(=O)c2cc(C)ccc2C)CC1. The molecule has 3 rings (SSSR count). The molecule has 9 heteroatoms. The highest BCUT2D eigenvalue weighted by molar-refractivity contribution is 7.92. The van der Waals surface area contributed by atoms with Crippen LogP contribution in [-0.4, -0.2) is 80.7 Å². The first-order chi connectivity index (χ1) is 16.2. The van der Waals surface area contributed by atoms with E-state index in [9.17, 15) is 18.0 Å². The molecule has 34 heavy (non-hydrogen) atoms. The number of sulfonamides is 1. The molecule has 1 aliphatic heterocycles. The fraction of sp³-hybridized carbons (Fsp3) is 0.440. The topological polar surface area (TPSA) is 90.0 Å². The van der Waals surface area contributed by atoms with Crippen LogP contribution in [0.3, 0.4) is 0 Å². The number of nitrogens with one attached hydrogen (secondary N) is 1. The van der Waals surface area contributed by atoms with Gasteiger partial charge in [0, 0.05) is 39.3 Å². The zero-order valence-electron chi connectivity index (χ0n) is 20.4. The first kappa shape index (κ1) is 25.7. The van der Waals surface area contributed by atoms with Gasteiger partial charge in [0.05, 0.1) is 22.7 Å². The van der Waals surface area contributed by atoms with Crippen molar-refractivity contribution in [3.05, 3.63) is 59.2 Å². The molecule has 0 atom stereocenters. The van der Waals surface area contributed by atoms with Gasteiger partial charge in [0.1, 0.15) is 0 Å². The van der Waals surface area contributed by atoms with Crippen LogP contribution in [0, 0.1) is 13.8 Å². The average molecular weight is 487 g/mol. The molecular weight excluding hydrogens is 452 g/mol. The van der Waals surface area contributed by atoms with Crippen molar-refractivity contribution < 1.29 is 18.0 Å². The molecule has 1 heterocycles. The number of hydrogen-bond acceptors (Lipinski definition) is 5. The van der Waals surface area contributed by atoms with Gasteiger partial charge >= 0.3 is 0 Å². The third kappa shape index (κ3) is 5.95. The van der Waals surface area contributed by atoms with Gasteiger partial charge in [-0.25, -0.2) is 8.42 Å². The van der Waals surface area contributed by atoms with Crippen LogP contribution in [0.25, 0.3) is 0 Å². The molecule has 1 N–H and O–H groups in total. The van der Waals surface area contributed by atoms with Crippen molar-refractivity contribution in [2.45, 2.75) is 32.6 Å². The maximum Gasteiger partial charge on any atom is 0.262 e. The van der Waals surface area contributed by atoms with E-state index in [1.54, 1.807) is 53.1 Å². The number of likely N-dealkylation sites (N-methyl/N-ethyl adjacent to an activating group) is 1. The molecule has 8 nitrogen and oxygen atoms in total. The standard InChI is InChI=1S/C25H34N4O4S/c1-5-28(6-2)24(30)18-27-13-15-29(16-14-27)25(31)21-9-7-8-10-22(21)26-34(32,33)23-17-19(3)11-12-20(23)4/h7-12,17,26H,5-6,13-16,18H2,1-4H3. The van der Waals surface area contributed by atoms with Crippen LogP contribution >= 0.6 is 0 Å². The van der Waals surface area contributed by atoms with Crippen molar-refractivity contribution in [2.24, 2.45) is 0 Å². The Kier molecular flexibility index (Phi) is 8.33. The molecule has 2 amide bonds. The Labute approximate surface area is 202 Å². The predicted molar refractivity (Wildman–Crippen MR) is 133 cm³/mol. The Morgan fingerprint density at radius 2 is 1.62 bits per heavy atom. The van der Waals surface area contributed by atoms with Gasteiger partial charge in [-0.3, -0.25) is 19.2 Å². The van der Waals surface area contributed by atoms with Gasteiger partial charge in [-0.1, -0.05) is 24.3 Å². The highest BCUT2D eigenvalue weighted by atomic mass is 32.2. The Balaban J connectivity index is 1.71. The van der Waals surface area contributed by atoms with E-state index in [0.29, 0.717) is 56.9 Å². The molecule has 1 saturated heterocycles. The Morgan fingerprint density at radius 3 is 2.26 bits per heavy atom. The molecule has 0 unspecified atom stereocenters. The molecule has 184 valence electrons. The van der Waals surface area contributed by atoms with Crippen LogP contribution in [0.1, 0.15) is 35.3 Å². The molecule has 0 saturated carbocycles. The van der Waals surface area contributed by atoms with E-state index < -0.39 is 10.0 Å². The Hall–Kier alpha value is -2.91. The number of anilines is 1. The van der Waals surface area contributed by atoms with Crippen LogP contribution in [-0.2, 0) is 14.8 Å². The lowest BCUT2D eigenvalue weighted by Crippen LogP contribution is -2.51. The summed E-state index contributed by atoms with van der Waals surface area (Å²) in [4.78, 5) is 31.4. The zero-order valence-corrected chi connectivity index (χ0v) is 21.2. The van der Waals surface area contributed by atoms with E-state index in [1.165, 1.54) is 0 Å². The van der Waals surface area contributed by atoms with E-state index in [4.69, 9.17) is 0 Å². The average Bonchev–Trinajstić information content (AvgIpc) is 2.81. The molecule has 0 radical (unpaired) electrons. The highest BCUT2D eigenvalue weighted by Gasteiger charge is 2.27. The molecule has 0 bridgehead atoms. The maximum atomic E-state index is 13.3. The molecular formula is C25H34N4O4S. The largest absolute Gasteiger partial charge is 0.342 e. The smallest absolute Gasteiger partial charge is 0.262 e. The molecule has 2 aromatic rings. The van der Waals surface area contributed by atoms with Gasteiger partial charge in [-0.2, -0.15) is 0 Å². The second kappa shape index (κ2) is 11.0. The summed E-state index contributed by atoms with van der Waals surface area (Å²) in [6.45, 7) is 11.4. The summed E-state index contributed by atoms with van der Waals surface area (Å²) in [5, 5.41) is 0. The van der Waals surface area contributed by atoms with E-state index in [0.717, 1.165) is 5.56 Å². The minimum Gasteiger partial charge on any atom is -0.342 e. The number of benzene rings is 2. The minimum atomic E-state index is -3.86. The van der Waals surface area contributed by atoms with Crippen LogP contribution in [0.4, 0.5) is 5.69 Å². The maximum absolute atomic E-state index is 13.3. The first-order valence-corrected chi connectivity index (χ1v) is 13.1. The number of rotatable bonds is 8. The number of carbonyl (C=O) groups is 2. The van der Waals surface area contributed by atoms with Crippen molar-refractivity contribution in [2.75, 3.05) is 50.5 Å². The molecule has 1 fully saturated rings. The lowest BCUT2D eigenvalue weighted by atomic mass is 10.1. The number of aryl methyl sites for hydroxylation is 2. The van der Waals surface area contributed by atoms with Crippen molar-refractivity contribution >= 4 is 27.5 Å². The predicted octanol–water partition coefficient (Wildman–Crippen LogP) is 2.73. The van der Waals surface area contributed by atoms with Gasteiger partial charge in [-0.15, -0.1) is 0 Å². The van der Waals surface area contributed by atoms with Gasteiger partial charge in [0.2, 0.25) is 5.91 Å². The molecule has 1 aliphatic rings. The third-order valence-electron chi connectivity index (χ3n) is 6.17. The van der Waals surface area contributed by atoms with Crippen LogP contribution in [0.15, 0.2) is 47.4 Å². The summed E-state index contributed by atoms with van der Waals surface area (Å²) in [5.41, 5.74) is 2.04. The lowest BCUT2D eigenvalue weighted by molar-refractivity contribution is -0.132. The van der Waals surface area contributed by atoms with Gasteiger partial charge in [-0.05, 0) is 57.0 Å². The van der Waals surface area contributed by atoms with Gasteiger partial charge < -0.3 is 9.80 Å². The van der Waals surface area contributed by atoms with Crippen molar-refractivity contribution in [1.82, 2.24) is 14.7 Å². The van der Waals surface area contributed by atoms with Crippen molar-refractivity contribution in [1.29, 1.82) is 0 Å². The summed E-state index contributed by atoms with van der Waals surface area (Å²) >= 11 is 0. The molecule has 0 aliphatic carbocycles. The second-order valence-corrected chi connectivity index (χ2v) is 10.2. The summed E-state index contributed by atoms with van der Waals surface area (Å²) in [5.74, 6) is -0.134. The van der Waals surface area contributed by atoms with Crippen LogP contribution in [0.2, 0.25) is 0 Å². The van der Waals surface area contributed by atoms with Crippen molar-refractivity contribution in [3.63, 3.8) is 0 Å². The van der Waals surface area contributed by atoms with E-state index >= 15 is 0 Å². The fourth-order valence-electron chi connectivity index (χ4n) is 4.10. The molecule has 0 spiro atoms. The summed E-state index contributed by atoms with van der Waals surface area (Å²) in [7, 11) is -3.86. The summed E-state index contributed by atoms with van der Waals surface area (Å²) in [6, 6.07) is 11.9. The zero-order chi connectivity index (χ0) is 24.9. The fourth-order valence-corrected chi connectivity index (χ4v) is 5.51. The monoisotopic (exact) mass is 486 g/mol. The summed E-state index contributed by atoms with van der Waals surface area (Å²) in [6.07, 6.45) is 0. The van der Waals surface area contributed by atoms with E-state index in [2.05, 4.69) is 9.62 Å². The number of nitrogens with zero attached hydrogens (tertiary/aromatic N) is 3. The number of hydrogen-bond donors (Lipinski definition) is 1. The van der Waals surface area contributed by atoms with Gasteiger partial charge in [0.25, 0.3) is 15.9 Å². The van der Waals surface area contributed by atoms with E-state index in [1.807, 2.05) is 26.8 Å². The van der Waals surface area contributed by atoms with E-state index in [-0.39, 0.29) is 22.4 Å². The third-order valence-corrected chi connectivity index (χ3v) is 7.68. The molecule has 0 aromatic heterocycles. The number of amides is 2. The second-order valence-electron chi connectivity index (χ2n) is 8.55. The first-order valence-electron chi connectivity index (χ1n) is 11.6. The van der Waals surface area contributed by atoms with Crippen LogP contribution in [0.5, 0.6) is 0 Å². The lowest BCUT2D eigenvalue weighted by Gasteiger charge is -2.35. The number of para-hydroxylation sites is 1. The minimum absolute atomic E-state index is 0.0935. The highest BCUT2D eigenvalue weighted by Crippen LogP contribution is 2.24. The molecule has 2 aromatic carbocycles. The van der Waals surface area contributed by atoms with Crippen LogP contribution < -0.4 is 4.72 Å². The van der Waals surface area contributed by atoms with Gasteiger partial charge in [0.15, 0.2) is 0 Å². The summed E-state index contributed by atoms with van der Waals surface area (Å²) < 4.78 is 28.8. The Bertz CT molecular complexity index is 1140. The number of carbonyl (C=O) groups excluding carboxylic acids is 2. The normalized spacial score (nSPS) is 14.6. The number of piperazine rings is 1.